The molecule has 0 aliphatic carbocycles. The summed E-state index contributed by atoms with van der Waals surface area (Å²) in [5.41, 5.74) is 1.66. The number of rotatable bonds is 5. The molecule has 28 heavy (non-hydrogen) atoms. The Morgan fingerprint density at radius 2 is 2.14 bits per heavy atom. The Kier molecular flexibility index (Phi) is 5.76. The SMILES string of the molecule is C#CCn1c(=NC(=O)c2ccnn2C(C)C)sc2cc(C(=O)OCC)ccc21. The summed E-state index contributed by atoms with van der Waals surface area (Å²) in [7, 11) is 0. The van der Waals surface area contributed by atoms with Crippen LogP contribution in [0, 0.1) is 12.3 Å². The molecule has 144 valence electrons. The maximum Gasteiger partial charge on any atom is 0.338 e. The van der Waals surface area contributed by atoms with Crippen LogP contribution < -0.4 is 4.80 Å². The third-order valence-corrected chi connectivity index (χ3v) is 5.06. The minimum atomic E-state index is -0.394. The van der Waals surface area contributed by atoms with Gasteiger partial charge < -0.3 is 9.30 Å². The van der Waals surface area contributed by atoms with Crippen molar-refractivity contribution in [3.63, 3.8) is 0 Å². The fourth-order valence-electron chi connectivity index (χ4n) is 2.78. The molecule has 1 aromatic carbocycles. The van der Waals surface area contributed by atoms with Crippen LogP contribution in [0.5, 0.6) is 0 Å². The molecule has 0 aliphatic rings. The van der Waals surface area contributed by atoms with Crippen LogP contribution in [0.3, 0.4) is 0 Å². The van der Waals surface area contributed by atoms with Crippen LogP contribution in [0.2, 0.25) is 0 Å². The number of ether oxygens (including phenoxy) is 1. The third kappa shape index (κ3) is 3.75. The number of esters is 1. The molecule has 0 unspecified atom stereocenters. The molecule has 0 saturated carbocycles. The molecule has 0 bridgehead atoms. The predicted molar refractivity (Wildman–Crippen MR) is 107 cm³/mol. The summed E-state index contributed by atoms with van der Waals surface area (Å²) in [6.45, 7) is 6.20. The summed E-state index contributed by atoms with van der Waals surface area (Å²) < 4.78 is 9.25. The highest BCUT2D eigenvalue weighted by atomic mass is 32.1. The lowest BCUT2D eigenvalue weighted by atomic mass is 10.2. The molecule has 0 aliphatic heterocycles. The van der Waals surface area contributed by atoms with Crippen molar-refractivity contribution >= 4 is 33.4 Å². The van der Waals surface area contributed by atoms with Gasteiger partial charge in [0.15, 0.2) is 4.80 Å². The quantitative estimate of drug-likeness (QED) is 0.491. The fraction of sp³-hybridized carbons (Fsp3) is 0.300. The number of hydrogen-bond donors (Lipinski definition) is 0. The van der Waals surface area contributed by atoms with Gasteiger partial charge in [-0.2, -0.15) is 10.1 Å². The van der Waals surface area contributed by atoms with Gasteiger partial charge in [0, 0.05) is 12.2 Å². The molecule has 2 aromatic heterocycles. The number of hydrogen-bond acceptors (Lipinski definition) is 5. The zero-order chi connectivity index (χ0) is 20.3. The normalized spacial score (nSPS) is 11.8. The van der Waals surface area contributed by atoms with E-state index in [1.54, 1.807) is 46.6 Å². The molecule has 0 radical (unpaired) electrons. The van der Waals surface area contributed by atoms with E-state index in [0.717, 1.165) is 10.2 Å². The summed E-state index contributed by atoms with van der Waals surface area (Å²) in [5, 5.41) is 4.18. The Bertz CT molecular complexity index is 1140. The Morgan fingerprint density at radius 1 is 1.36 bits per heavy atom. The summed E-state index contributed by atoms with van der Waals surface area (Å²) in [5.74, 6) is 1.80. The predicted octanol–water partition coefficient (Wildman–Crippen LogP) is 3.03. The van der Waals surface area contributed by atoms with Crippen LogP contribution in [-0.4, -0.2) is 32.8 Å². The van der Waals surface area contributed by atoms with Gasteiger partial charge >= 0.3 is 5.97 Å². The minimum Gasteiger partial charge on any atom is -0.462 e. The number of amides is 1. The van der Waals surface area contributed by atoms with E-state index in [1.807, 2.05) is 13.8 Å². The minimum absolute atomic E-state index is 0.0385. The lowest BCUT2D eigenvalue weighted by Crippen LogP contribution is -2.18. The number of benzene rings is 1. The van der Waals surface area contributed by atoms with Crippen LogP contribution in [0.4, 0.5) is 0 Å². The first-order valence-electron chi connectivity index (χ1n) is 8.82. The molecule has 0 saturated heterocycles. The van der Waals surface area contributed by atoms with Gasteiger partial charge in [-0.25, -0.2) is 4.79 Å². The van der Waals surface area contributed by atoms with Crippen molar-refractivity contribution in [2.24, 2.45) is 4.99 Å². The van der Waals surface area contributed by atoms with E-state index in [9.17, 15) is 9.59 Å². The van der Waals surface area contributed by atoms with Gasteiger partial charge in [0.25, 0.3) is 5.91 Å². The van der Waals surface area contributed by atoms with Gasteiger partial charge in [0.1, 0.15) is 5.69 Å². The monoisotopic (exact) mass is 396 g/mol. The van der Waals surface area contributed by atoms with Crippen LogP contribution in [-0.2, 0) is 11.3 Å². The maximum absolute atomic E-state index is 12.7. The van der Waals surface area contributed by atoms with Gasteiger partial charge in [-0.15, -0.1) is 6.42 Å². The first-order valence-corrected chi connectivity index (χ1v) is 9.64. The molecule has 8 heteroatoms. The second-order valence-corrected chi connectivity index (χ2v) is 7.26. The average Bonchev–Trinajstić information content (AvgIpc) is 3.27. The summed E-state index contributed by atoms with van der Waals surface area (Å²) >= 11 is 1.30. The van der Waals surface area contributed by atoms with Gasteiger partial charge in [0.05, 0.1) is 28.9 Å². The number of nitrogens with zero attached hydrogens (tertiary/aromatic N) is 4. The van der Waals surface area contributed by atoms with Crippen molar-refractivity contribution in [3.8, 4) is 12.3 Å². The highest BCUT2D eigenvalue weighted by molar-refractivity contribution is 7.16. The van der Waals surface area contributed by atoms with Gasteiger partial charge in [-0.3, -0.25) is 9.48 Å². The number of carbonyl (C=O) groups excluding carboxylic acids is 2. The lowest BCUT2D eigenvalue weighted by molar-refractivity contribution is 0.0526. The number of terminal acetylenes is 1. The molecular formula is C20H20N4O3S. The first-order chi connectivity index (χ1) is 13.5. The molecule has 0 fully saturated rings. The van der Waals surface area contributed by atoms with Crippen molar-refractivity contribution in [1.82, 2.24) is 14.3 Å². The van der Waals surface area contributed by atoms with Crippen LogP contribution in [0.1, 0.15) is 47.7 Å². The summed E-state index contributed by atoms with van der Waals surface area (Å²) in [4.78, 5) is 29.5. The number of carbonyl (C=O) groups is 2. The van der Waals surface area contributed by atoms with E-state index in [2.05, 4.69) is 16.0 Å². The number of thiazole rings is 1. The molecule has 0 N–H and O–H groups in total. The van der Waals surface area contributed by atoms with E-state index in [1.165, 1.54) is 11.3 Å². The summed E-state index contributed by atoms with van der Waals surface area (Å²) in [6.07, 6.45) is 7.08. The van der Waals surface area contributed by atoms with E-state index in [0.29, 0.717) is 22.7 Å². The molecule has 7 nitrogen and oxygen atoms in total. The van der Waals surface area contributed by atoms with E-state index in [4.69, 9.17) is 11.2 Å². The molecule has 3 rings (SSSR count). The summed E-state index contributed by atoms with van der Waals surface area (Å²) in [6, 6.07) is 6.88. The Morgan fingerprint density at radius 3 is 2.82 bits per heavy atom. The van der Waals surface area contributed by atoms with Crippen molar-refractivity contribution < 1.29 is 14.3 Å². The Hall–Kier alpha value is -3.18. The second kappa shape index (κ2) is 8.23. The van der Waals surface area contributed by atoms with Crippen LogP contribution >= 0.6 is 11.3 Å². The Balaban J connectivity index is 2.11. The van der Waals surface area contributed by atoms with E-state index in [-0.39, 0.29) is 12.6 Å². The third-order valence-electron chi connectivity index (χ3n) is 4.02. The highest BCUT2D eigenvalue weighted by Gasteiger charge is 2.15. The van der Waals surface area contributed by atoms with Gasteiger partial charge in [-0.05, 0) is 45.0 Å². The van der Waals surface area contributed by atoms with Crippen LogP contribution in [0.15, 0.2) is 35.5 Å². The fourth-order valence-corrected chi connectivity index (χ4v) is 3.85. The lowest BCUT2D eigenvalue weighted by Gasteiger charge is -2.07. The number of fused-ring (bicyclic) bond motifs is 1. The van der Waals surface area contributed by atoms with Crippen molar-refractivity contribution in [2.75, 3.05) is 6.61 Å². The zero-order valence-electron chi connectivity index (χ0n) is 15.9. The van der Waals surface area contributed by atoms with Gasteiger partial charge in [0.2, 0.25) is 0 Å². The highest BCUT2D eigenvalue weighted by Crippen LogP contribution is 2.20. The second-order valence-electron chi connectivity index (χ2n) is 6.25. The van der Waals surface area contributed by atoms with Crippen molar-refractivity contribution in [3.05, 3.63) is 46.5 Å². The van der Waals surface area contributed by atoms with E-state index < -0.39 is 11.9 Å². The molecule has 0 atom stereocenters. The van der Waals surface area contributed by atoms with E-state index >= 15 is 0 Å². The van der Waals surface area contributed by atoms with Gasteiger partial charge in [-0.1, -0.05) is 17.3 Å². The molecule has 1 amide bonds. The van der Waals surface area contributed by atoms with Crippen molar-refractivity contribution in [1.29, 1.82) is 0 Å². The van der Waals surface area contributed by atoms with Crippen LogP contribution in [0.25, 0.3) is 10.2 Å². The molecule has 3 aromatic rings. The standard InChI is InChI=1S/C20H20N4O3S/c1-5-11-23-15-8-7-14(19(26)27-6-2)12-17(15)28-20(23)22-18(25)16-9-10-21-24(16)13(3)4/h1,7-10,12-13H,6,11H2,2-4H3. The average molecular weight is 396 g/mol. The topological polar surface area (TPSA) is 78.5 Å². The number of aromatic nitrogens is 3. The maximum atomic E-state index is 12.7. The first kappa shape index (κ1) is 19.6. The van der Waals surface area contributed by atoms with Crippen molar-refractivity contribution in [2.45, 2.75) is 33.4 Å². The largest absolute Gasteiger partial charge is 0.462 e. The zero-order valence-corrected chi connectivity index (χ0v) is 16.7. The molecule has 2 heterocycles. The Labute approximate surface area is 166 Å². The molecule has 0 spiro atoms. The smallest absolute Gasteiger partial charge is 0.338 e. The molecular weight excluding hydrogens is 376 g/mol.